The van der Waals surface area contributed by atoms with Gasteiger partial charge < -0.3 is 14.7 Å². The van der Waals surface area contributed by atoms with Gasteiger partial charge in [-0.15, -0.1) is 0 Å². The van der Waals surface area contributed by atoms with Crippen LogP contribution in [0.2, 0.25) is 0 Å². The number of alkyl halides is 4. The summed E-state index contributed by atoms with van der Waals surface area (Å²) in [6, 6.07) is 9.74. The van der Waals surface area contributed by atoms with Crippen LogP contribution in [0.15, 0.2) is 42.5 Å². The van der Waals surface area contributed by atoms with Gasteiger partial charge in [-0.2, -0.15) is 17.6 Å². The monoisotopic (exact) mass is 397 g/mol. The Morgan fingerprint density at radius 3 is 2.50 bits per heavy atom. The van der Waals surface area contributed by atoms with E-state index in [1.165, 1.54) is 18.1 Å². The number of hydrogen-bond donors (Lipinski definition) is 1. The molecule has 1 aliphatic rings. The first-order valence-corrected chi connectivity index (χ1v) is 8.73. The lowest BCUT2D eigenvalue weighted by atomic mass is 9.99. The van der Waals surface area contributed by atoms with E-state index in [0.29, 0.717) is 48.4 Å². The van der Waals surface area contributed by atoms with Crippen molar-refractivity contribution in [2.45, 2.75) is 31.3 Å². The van der Waals surface area contributed by atoms with E-state index in [4.69, 9.17) is 4.74 Å². The zero-order chi connectivity index (χ0) is 20.5. The predicted octanol–water partition coefficient (Wildman–Crippen LogP) is 4.36. The number of carbonyl (C=O) groups is 1. The van der Waals surface area contributed by atoms with Crippen molar-refractivity contribution in [1.29, 1.82) is 0 Å². The number of halogens is 4. The summed E-state index contributed by atoms with van der Waals surface area (Å²) < 4.78 is 57.7. The van der Waals surface area contributed by atoms with Crippen molar-refractivity contribution in [3.05, 3.63) is 59.2 Å². The van der Waals surface area contributed by atoms with E-state index in [9.17, 15) is 27.5 Å². The molecule has 1 amide bonds. The number of rotatable bonds is 3. The molecular weight excluding hydrogens is 378 g/mol. The third-order valence-electron chi connectivity index (χ3n) is 4.79. The molecule has 0 aromatic heterocycles. The number of hydrogen-bond acceptors (Lipinski definition) is 3. The molecule has 1 unspecified atom stereocenters. The van der Waals surface area contributed by atoms with E-state index in [2.05, 4.69) is 0 Å². The number of aliphatic hydroxyl groups is 1. The number of amides is 1. The average Bonchev–Trinajstić information content (AvgIpc) is 2.88. The number of carbonyl (C=O) groups excluding carboxylic acids is 1. The van der Waals surface area contributed by atoms with E-state index in [0.717, 1.165) is 12.1 Å². The highest BCUT2D eigenvalue weighted by molar-refractivity contribution is 6.08. The smallest absolute Gasteiger partial charge is 0.453 e. The van der Waals surface area contributed by atoms with E-state index in [-0.39, 0.29) is 5.91 Å². The molecule has 8 heteroatoms. The molecule has 4 nitrogen and oxygen atoms in total. The van der Waals surface area contributed by atoms with Gasteiger partial charge in [-0.1, -0.05) is 18.2 Å². The summed E-state index contributed by atoms with van der Waals surface area (Å²) in [7, 11) is 1.44. The lowest BCUT2D eigenvalue weighted by Crippen LogP contribution is -2.38. The lowest BCUT2D eigenvalue weighted by Gasteiger charge is -2.26. The quantitative estimate of drug-likeness (QED) is 0.784. The van der Waals surface area contributed by atoms with Crippen LogP contribution in [0.5, 0.6) is 5.75 Å². The van der Waals surface area contributed by atoms with E-state index in [1.54, 1.807) is 24.3 Å². The zero-order valence-corrected chi connectivity index (χ0v) is 15.1. The SMILES string of the molecule is COc1ccccc1C(=O)N1CCCCc2cc(C(O)(F)C(F)(F)F)ccc21. The molecule has 0 bridgehead atoms. The molecule has 3 rings (SSSR count). The number of aryl methyl sites for hydroxylation is 1. The molecule has 0 saturated carbocycles. The van der Waals surface area contributed by atoms with Gasteiger partial charge in [-0.05, 0) is 49.1 Å². The maximum absolute atomic E-state index is 14.0. The van der Waals surface area contributed by atoms with Crippen LogP contribution in [0.4, 0.5) is 23.2 Å². The molecule has 0 aliphatic carbocycles. The summed E-state index contributed by atoms with van der Waals surface area (Å²) >= 11 is 0. The van der Waals surface area contributed by atoms with Crippen LogP contribution in [0.3, 0.4) is 0 Å². The van der Waals surface area contributed by atoms with Crippen molar-refractivity contribution >= 4 is 11.6 Å². The second-order valence-electron chi connectivity index (χ2n) is 6.58. The Hall–Kier alpha value is -2.61. The number of methoxy groups -OCH3 is 1. The van der Waals surface area contributed by atoms with Gasteiger partial charge >= 0.3 is 12.0 Å². The molecule has 1 aliphatic heterocycles. The van der Waals surface area contributed by atoms with Gasteiger partial charge in [0.15, 0.2) is 0 Å². The van der Waals surface area contributed by atoms with Crippen molar-refractivity contribution in [2.24, 2.45) is 0 Å². The summed E-state index contributed by atoms with van der Waals surface area (Å²) in [5.74, 6) is -4.43. The van der Waals surface area contributed by atoms with E-state index < -0.39 is 17.6 Å². The number of benzene rings is 2. The molecule has 0 radical (unpaired) electrons. The van der Waals surface area contributed by atoms with Gasteiger partial charge in [-0.3, -0.25) is 4.79 Å². The standard InChI is InChI=1S/C20H19F4NO3/c1-28-17-8-3-2-7-15(17)18(26)25-11-5-4-6-13-12-14(9-10-16(13)25)19(21,27)20(22,23)24/h2-3,7-10,12,27H,4-6,11H2,1H3. The van der Waals surface area contributed by atoms with Crippen LogP contribution in [-0.2, 0) is 12.3 Å². The Morgan fingerprint density at radius 2 is 1.82 bits per heavy atom. The normalized spacial score (nSPS) is 16.7. The molecule has 1 atom stereocenters. The van der Waals surface area contributed by atoms with Crippen molar-refractivity contribution in [1.82, 2.24) is 0 Å². The molecular formula is C20H19F4NO3. The minimum atomic E-state index is -5.46. The fraction of sp³-hybridized carbons (Fsp3) is 0.350. The number of para-hydroxylation sites is 1. The highest BCUT2D eigenvalue weighted by atomic mass is 19.4. The van der Waals surface area contributed by atoms with Crippen LogP contribution in [-0.4, -0.2) is 30.8 Å². The maximum atomic E-state index is 14.0. The van der Waals surface area contributed by atoms with Gasteiger partial charge in [0.1, 0.15) is 5.75 Å². The summed E-state index contributed by atoms with van der Waals surface area (Å²) in [4.78, 5) is 14.5. The van der Waals surface area contributed by atoms with Crippen LogP contribution in [0, 0.1) is 0 Å². The third-order valence-corrected chi connectivity index (χ3v) is 4.79. The Bertz CT molecular complexity index is 880. The summed E-state index contributed by atoms with van der Waals surface area (Å²) in [6.45, 7) is 0.363. The zero-order valence-electron chi connectivity index (χ0n) is 15.1. The average molecular weight is 397 g/mol. The number of fused-ring (bicyclic) bond motifs is 1. The molecule has 28 heavy (non-hydrogen) atoms. The summed E-state index contributed by atoms with van der Waals surface area (Å²) in [5, 5.41) is 9.33. The fourth-order valence-electron chi connectivity index (χ4n) is 3.30. The molecule has 2 aromatic rings. The topological polar surface area (TPSA) is 49.8 Å². The first-order chi connectivity index (χ1) is 13.2. The van der Waals surface area contributed by atoms with Gasteiger partial charge in [0.05, 0.1) is 12.7 Å². The number of ether oxygens (including phenoxy) is 1. The molecule has 1 heterocycles. The van der Waals surface area contributed by atoms with Gasteiger partial charge in [0.2, 0.25) is 0 Å². The van der Waals surface area contributed by atoms with Crippen LogP contribution in [0.1, 0.15) is 34.3 Å². The van der Waals surface area contributed by atoms with Crippen molar-refractivity contribution < 1.29 is 32.2 Å². The van der Waals surface area contributed by atoms with Crippen LogP contribution >= 0.6 is 0 Å². The van der Waals surface area contributed by atoms with Crippen molar-refractivity contribution in [3.63, 3.8) is 0 Å². The molecule has 1 N–H and O–H groups in total. The Morgan fingerprint density at radius 1 is 1.11 bits per heavy atom. The Balaban J connectivity index is 2.03. The fourth-order valence-corrected chi connectivity index (χ4v) is 3.30. The Kier molecular flexibility index (Phi) is 5.34. The first-order valence-electron chi connectivity index (χ1n) is 8.73. The maximum Gasteiger partial charge on any atom is 0.453 e. The minimum Gasteiger partial charge on any atom is -0.496 e. The number of anilines is 1. The first kappa shape index (κ1) is 20.1. The molecule has 0 fully saturated rings. The number of nitrogens with zero attached hydrogens (tertiary/aromatic N) is 1. The van der Waals surface area contributed by atoms with Gasteiger partial charge in [0, 0.05) is 17.8 Å². The van der Waals surface area contributed by atoms with E-state index >= 15 is 0 Å². The van der Waals surface area contributed by atoms with Crippen molar-refractivity contribution in [2.75, 3.05) is 18.6 Å². The third kappa shape index (κ3) is 3.56. The second-order valence-corrected chi connectivity index (χ2v) is 6.58. The highest BCUT2D eigenvalue weighted by Gasteiger charge is 2.56. The second kappa shape index (κ2) is 7.43. The minimum absolute atomic E-state index is 0.319. The Labute approximate surface area is 159 Å². The predicted molar refractivity (Wildman–Crippen MR) is 95.1 cm³/mol. The van der Waals surface area contributed by atoms with Gasteiger partial charge in [0.25, 0.3) is 5.91 Å². The van der Waals surface area contributed by atoms with Crippen LogP contribution in [0.25, 0.3) is 0 Å². The van der Waals surface area contributed by atoms with Gasteiger partial charge in [-0.25, -0.2) is 0 Å². The molecule has 2 aromatic carbocycles. The summed E-state index contributed by atoms with van der Waals surface area (Å²) in [6.07, 6.45) is -3.85. The summed E-state index contributed by atoms with van der Waals surface area (Å²) in [5.41, 5.74) is 0.193. The molecule has 0 spiro atoms. The van der Waals surface area contributed by atoms with Crippen molar-refractivity contribution in [3.8, 4) is 5.75 Å². The highest BCUT2D eigenvalue weighted by Crippen LogP contribution is 2.42. The van der Waals surface area contributed by atoms with E-state index in [1.807, 2.05) is 0 Å². The largest absolute Gasteiger partial charge is 0.496 e. The molecule has 0 saturated heterocycles. The molecule has 150 valence electrons. The van der Waals surface area contributed by atoms with Crippen LogP contribution < -0.4 is 9.64 Å². The lowest BCUT2D eigenvalue weighted by molar-refractivity contribution is -0.323.